The molecule has 3 heteroatoms. The highest BCUT2D eigenvalue weighted by Crippen LogP contribution is 2.21. The van der Waals surface area contributed by atoms with Crippen molar-refractivity contribution in [3.63, 3.8) is 0 Å². The molecule has 0 amide bonds. The first-order chi connectivity index (χ1) is 7.33. The van der Waals surface area contributed by atoms with E-state index in [9.17, 15) is 0 Å². The van der Waals surface area contributed by atoms with Crippen LogP contribution in [-0.2, 0) is 0 Å². The summed E-state index contributed by atoms with van der Waals surface area (Å²) in [4.78, 5) is 4.29. The van der Waals surface area contributed by atoms with Crippen LogP contribution in [0.3, 0.4) is 0 Å². The second-order valence-electron chi connectivity index (χ2n) is 5.30. The molecule has 16 heavy (non-hydrogen) atoms. The Kier molecular flexibility index (Phi) is 3.54. The molecule has 1 rings (SSSR count). The molecule has 3 nitrogen and oxygen atoms in total. The van der Waals surface area contributed by atoms with Crippen molar-refractivity contribution in [3.8, 4) is 6.07 Å². The molecule has 1 aromatic heterocycles. The van der Waals surface area contributed by atoms with Gasteiger partial charge >= 0.3 is 0 Å². The number of aryl methyl sites for hydroxylation is 2. The second kappa shape index (κ2) is 4.52. The number of hydrogen-bond acceptors (Lipinski definition) is 3. The fourth-order valence-electron chi connectivity index (χ4n) is 1.47. The van der Waals surface area contributed by atoms with Crippen LogP contribution < -0.4 is 5.32 Å². The topological polar surface area (TPSA) is 48.7 Å². The van der Waals surface area contributed by atoms with Crippen LogP contribution in [-0.4, -0.2) is 11.5 Å². The Morgan fingerprint density at radius 2 is 2.00 bits per heavy atom. The molecule has 0 aliphatic rings. The van der Waals surface area contributed by atoms with Gasteiger partial charge in [0.2, 0.25) is 0 Å². The van der Waals surface area contributed by atoms with Gasteiger partial charge in [-0.15, -0.1) is 0 Å². The minimum atomic E-state index is 0.192. The Balaban J connectivity index is 3.00. The lowest BCUT2D eigenvalue weighted by atomic mass is 9.96. The Morgan fingerprint density at radius 3 is 2.50 bits per heavy atom. The monoisotopic (exact) mass is 217 g/mol. The van der Waals surface area contributed by atoms with E-state index in [1.165, 1.54) is 0 Å². The molecule has 0 saturated carbocycles. The summed E-state index contributed by atoms with van der Waals surface area (Å²) in [5, 5.41) is 12.4. The van der Waals surface area contributed by atoms with Crippen molar-refractivity contribution in [2.45, 2.75) is 34.6 Å². The molecule has 0 aliphatic heterocycles. The predicted octanol–water partition coefficient (Wildman–Crippen LogP) is 3.03. The van der Waals surface area contributed by atoms with Crippen molar-refractivity contribution in [1.29, 1.82) is 5.26 Å². The summed E-state index contributed by atoms with van der Waals surface area (Å²) >= 11 is 0. The highest BCUT2D eigenvalue weighted by Gasteiger charge is 2.12. The Morgan fingerprint density at radius 1 is 1.38 bits per heavy atom. The summed E-state index contributed by atoms with van der Waals surface area (Å²) in [7, 11) is 0. The van der Waals surface area contributed by atoms with E-state index in [1.54, 1.807) is 0 Å². The zero-order valence-corrected chi connectivity index (χ0v) is 10.7. The lowest BCUT2D eigenvalue weighted by Gasteiger charge is -2.20. The van der Waals surface area contributed by atoms with Crippen molar-refractivity contribution >= 4 is 5.69 Å². The van der Waals surface area contributed by atoms with Gasteiger partial charge in [-0.05, 0) is 25.3 Å². The normalized spacial score (nSPS) is 11.0. The average Bonchev–Trinajstić information content (AvgIpc) is 2.12. The number of hydrogen-bond donors (Lipinski definition) is 1. The number of nitrogens with one attached hydrogen (secondary N) is 1. The lowest BCUT2D eigenvalue weighted by molar-refractivity contribution is 0.443. The van der Waals surface area contributed by atoms with Crippen LogP contribution in [0.5, 0.6) is 0 Å². The summed E-state index contributed by atoms with van der Waals surface area (Å²) in [6, 6.07) is 4.13. The first-order valence-electron chi connectivity index (χ1n) is 5.46. The third-order valence-corrected chi connectivity index (χ3v) is 2.25. The molecule has 0 aromatic carbocycles. The predicted molar refractivity (Wildman–Crippen MR) is 66.4 cm³/mol. The van der Waals surface area contributed by atoms with Gasteiger partial charge in [-0.1, -0.05) is 20.8 Å². The highest BCUT2D eigenvalue weighted by atomic mass is 14.9. The van der Waals surface area contributed by atoms with Crippen LogP contribution in [0.4, 0.5) is 5.69 Å². The molecule has 0 unspecified atom stereocenters. The van der Waals surface area contributed by atoms with Crippen LogP contribution in [0.2, 0.25) is 0 Å². The molecule has 0 aliphatic carbocycles. The van der Waals surface area contributed by atoms with E-state index in [1.807, 2.05) is 19.9 Å². The molecular weight excluding hydrogens is 198 g/mol. The first kappa shape index (κ1) is 12.5. The van der Waals surface area contributed by atoms with Crippen LogP contribution in [0.1, 0.15) is 37.7 Å². The maximum Gasteiger partial charge on any atom is 0.103 e. The van der Waals surface area contributed by atoms with Gasteiger partial charge < -0.3 is 5.32 Å². The summed E-state index contributed by atoms with van der Waals surface area (Å²) in [5.41, 5.74) is 3.46. The summed E-state index contributed by atoms with van der Waals surface area (Å²) in [5.74, 6) is 0. The standard InChI is InChI=1S/C13H19N3/c1-9-6-12(15-8-13(3,4)5)11(7-14)10(2)16-9/h6H,8H2,1-5H3,(H,15,16). The molecule has 1 N–H and O–H groups in total. The average molecular weight is 217 g/mol. The Hall–Kier alpha value is -1.56. The van der Waals surface area contributed by atoms with Crippen molar-refractivity contribution in [2.24, 2.45) is 5.41 Å². The molecule has 0 spiro atoms. The first-order valence-corrected chi connectivity index (χ1v) is 5.46. The zero-order chi connectivity index (χ0) is 12.3. The lowest BCUT2D eigenvalue weighted by Crippen LogP contribution is -2.20. The van der Waals surface area contributed by atoms with Crippen molar-refractivity contribution in [1.82, 2.24) is 4.98 Å². The quantitative estimate of drug-likeness (QED) is 0.828. The molecule has 1 aromatic rings. The van der Waals surface area contributed by atoms with Crippen LogP contribution in [0, 0.1) is 30.6 Å². The molecule has 0 fully saturated rings. The van der Waals surface area contributed by atoms with Gasteiger partial charge in [0.05, 0.1) is 16.9 Å². The minimum absolute atomic E-state index is 0.192. The number of aromatic nitrogens is 1. The van der Waals surface area contributed by atoms with E-state index in [0.717, 1.165) is 23.6 Å². The number of pyridine rings is 1. The number of nitrogens with zero attached hydrogens (tertiary/aromatic N) is 2. The third kappa shape index (κ3) is 3.23. The van der Waals surface area contributed by atoms with Gasteiger partial charge in [0.1, 0.15) is 6.07 Å². The van der Waals surface area contributed by atoms with E-state index in [-0.39, 0.29) is 5.41 Å². The maximum atomic E-state index is 9.09. The maximum absolute atomic E-state index is 9.09. The van der Waals surface area contributed by atoms with Gasteiger partial charge in [-0.3, -0.25) is 4.98 Å². The van der Waals surface area contributed by atoms with Crippen LogP contribution in [0.25, 0.3) is 0 Å². The van der Waals surface area contributed by atoms with E-state index >= 15 is 0 Å². The third-order valence-electron chi connectivity index (χ3n) is 2.25. The van der Waals surface area contributed by atoms with Gasteiger partial charge in [-0.2, -0.15) is 5.26 Å². The van der Waals surface area contributed by atoms with E-state index in [2.05, 4.69) is 37.1 Å². The smallest absolute Gasteiger partial charge is 0.103 e. The van der Waals surface area contributed by atoms with Crippen molar-refractivity contribution in [3.05, 3.63) is 23.0 Å². The molecule has 0 atom stereocenters. The summed E-state index contributed by atoms with van der Waals surface area (Å²) < 4.78 is 0. The van der Waals surface area contributed by atoms with E-state index in [0.29, 0.717) is 5.56 Å². The SMILES string of the molecule is Cc1cc(NCC(C)(C)C)c(C#N)c(C)n1. The van der Waals surface area contributed by atoms with E-state index in [4.69, 9.17) is 5.26 Å². The van der Waals surface area contributed by atoms with Crippen molar-refractivity contribution in [2.75, 3.05) is 11.9 Å². The number of rotatable bonds is 2. The molecule has 0 bridgehead atoms. The van der Waals surface area contributed by atoms with Gasteiger partial charge in [-0.25, -0.2) is 0 Å². The fraction of sp³-hybridized carbons (Fsp3) is 0.538. The van der Waals surface area contributed by atoms with Crippen LogP contribution >= 0.6 is 0 Å². The molecule has 1 heterocycles. The Labute approximate surface area is 97.5 Å². The Bertz CT molecular complexity index is 422. The van der Waals surface area contributed by atoms with Crippen LogP contribution in [0.15, 0.2) is 6.07 Å². The van der Waals surface area contributed by atoms with Gasteiger partial charge in [0.15, 0.2) is 0 Å². The molecular formula is C13H19N3. The second-order valence-corrected chi connectivity index (χ2v) is 5.30. The fourth-order valence-corrected chi connectivity index (χ4v) is 1.47. The minimum Gasteiger partial charge on any atom is -0.383 e. The number of nitriles is 1. The summed E-state index contributed by atoms with van der Waals surface area (Å²) in [6.45, 7) is 11.1. The molecule has 0 saturated heterocycles. The molecule has 0 radical (unpaired) electrons. The van der Waals surface area contributed by atoms with E-state index < -0.39 is 0 Å². The summed E-state index contributed by atoms with van der Waals surface area (Å²) in [6.07, 6.45) is 0. The number of anilines is 1. The van der Waals surface area contributed by atoms with Gasteiger partial charge in [0, 0.05) is 12.2 Å². The van der Waals surface area contributed by atoms with Gasteiger partial charge in [0.25, 0.3) is 0 Å². The zero-order valence-electron chi connectivity index (χ0n) is 10.7. The van der Waals surface area contributed by atoms with Crippen molar-refractivity contribution < 1.29 is 0 Å². The highest BCUT2D eigenvalue weighted by molar-refractivity contribution is 5.59. The largest absolute Gasteiger partial charge is 0.383 e. The molecule has 86 valence electrons.